The predicted octanol–water partition coefficient (Wildman–Crippen LogP) is 2.12. The number of amides is 1. The normalized spacial score (nSPS) is 19.4. The molecule has 1 unspecified atom stereocenters. The molecule has 0 spiro atoms. The van der Waals surface area contributed by atoms with Crippen LogP contribution in [0.4, 0.5) is 0 Å². The van der Waals surface area contributed by atoms with Gasteiger partial charge in [0, 0.05) is 32.1 Å². The van der Waals surface area contributed by atoms with E-state index in [9.17, 15) is 4.79 Å². The zero-order valence-electron chi connectivity index (χ0n) is 11.4. The van der Waals surface area contributed by atoms with Crippen molar-refractivity contribution in [2.45, 2.75) is 52.1 Å². The Labute approximate surface area is 110 Å². The number of rotatable bonds is 6. The molecule has 1 rings (SSSR count). The molecule has 1 amide bonds. The number of nitrogens with one attached hydrogen (secondary N) is 1. The number of hydrogen-bond donors (Lipinski definition) is 1. The van der Waals surface area contributed by atoms with E-state index >= 15 is 0 Å². The zero-order valence-corrected chi connectivity index (χ0v) is 12.2. The molecule has 0 aliphatic carbocycles. The lowest BCUT2D eigenvalue weighted by Gasteiger charge is -2.33. The molecule has 100 valence electrons. The van der Waals surface area contributed by atoms with E-state index in [1.54, 1.807) is 6.92 Å². The summed E-state index contributed by atoms with van der Waals surface area (Å²) in [6, 6.07) is 1.20. The highest BCUT2D eigenvalue weighted by atomic mass is 32.2. The van der Waals surface area contributed by atoms with Gasteiger partial charge in [0.25, 0.3) is 0 Å². The third-order valence-electron chi connectivity index (χ3n) is 3.36. The smallest absolute Gasteiger partial charge is 0.219 e. The van der Waals surface area contributed by atoms with Gasteiger partial charge >= 0.3 is 0 Å². The first-order valence-corrected chi connectivity index (χ1v) is 7.88. The second kappa shape index (κ2) is 7.98. The van der Waals surface area contributed by atoms with Crippen molar-refractivity contribution in [1.82, 2.24) is 10.2 Å². The third kappa shape index (κ3) is 5.77. The molecule has 1 aliphatic heterocycles. The van der Waals surface area contributed by atoms with Gasteiger partial charge < -0.3 is 10.2 Å². The van der Waals surface area contributed by atoms with Gasteiger partial charge in [-0.25, -0.2) is 0 Å². The Hall–Kier alpha value is -0.220. The number of thioether (sulfide) groups is 1. The van der Waals surface area contributed by atoms with Crippen LogP contribution >= 0.6 is 11.8 Å². The number of likely N-dealkylation sites (tertiary alicyclic amines) is 1. The summed E-state index contributed by atoms with van der Waals surface area (Å²) in [6.07, 6.45) is 3.45. The summed E-state index contributed by atoms with van der Waals surface area (Å²) in [5, 5.41) is 3.69. The first-order valence-electron chi connectivity index (χ1n) is 6.72. The largest absolute Gasteiger partial charge is 0.343 e. The SMILES string of the molecule is CCSCCC(C)NC1CCN(C(C)=O)CC1. The standard InChI is InChI=1S/C13H26N2OS/c1-4-17-10-7-11(2)14-13-5-8-15(9-6-13)12(3)16/h11,13-14H,4-10H2,1-3H3. The van der Waals surface area contributed by atoms with Gasteiger partial charge in [0.15, 0.2) is 0 Å². The molecule has 0 radical (unpaired) electrons. The Balaban J connectivity index is 2.14. The first kappa shape index (κ1) is 14.8. The van der Waals surface area contributed by atoms with Crippen molar-refractivity contribution in [3.63, 3.8) is 0 Å². The average molecular weight is 258 g/mol. The van der Waals surface area contributed by atoms with Gasteiger partial charge in [-0.1, -0.05) is 6.92 Å². The summed E-state index contributed by atoms with van der Waals surface area (Å²) >= 11 is 2.01. The minimum Gasteiger partial charge on any atom is -0.343 e. The molecule has 0 aromatic heterocycles. The maximum Gasteiger partial charge on any atom is 0.219 e. The molecule has 1 atom stereocenters. The second-order valence-corrected chi connectivity index (χ2v) is 6.23. The highest BCUT2D eigenvalue weighted by Crippen LogP contribution is 2.12. The maximum absolute atomic E-state index is 11.2. The number of nitrogens with zero attached hydrogens (tertiary/aromatic N) is 1. The van der Waals surface area contributed by atoms with Crippen molar-refractivity contribution < 1.29 is 4.79 Å². The molecular formula is C13H26N2OS. The molecule has 1 N–H and O–H groups in total. The molecule has 0 aromatic carbocycles. The molecule has 1 aliphatic rings. The molecule has 0 bridgehead atoms. The highest BCUT2D eigenvalue weighted by molar-refractivity contribution is 7.99. The van der Waals surface area contributed by atoms with Crippen molar-refractivity contribution in [2.75, 3.05) is 24.6 Å². The maximum atomic E-state index is 11.2. The number of hydrogen-bond acceptors (Lipinski definition) is 3. The van der Waals surface area contributed by atoms with Crippen molar-refractivity contribution in [3.05, 3.63) is 0 Å². The molecule has 0 saturated carbocycles. The molecule has 17 heavy (non-hydrogen) atoms. The van der Waals surface area contributed by atoms with Gasteiger partial charge in [-0.3, -0.25) is 4.79 Å². The molecule has 3 nitrogen and oxygen atoms in total. The number of piperidine rings is 1. The van der Waals surface area contributed by atoms with Crippen LogP contribution in [0.5, 0.6) is 0 Å². The van der Waals surface area contributed by atoms with E-state index in [2.05, 4.69) is 19.2 Å². The second-order valence-electron chi connectivity index (χ2n) is 4.83. The van der Waals surface area contributed by atoms with E-state index in [1.807, 2.05) is 16.7 Å². The Kier molecular flexibility index (Phi) is 6.97. The van der Waals surface area contributed by atoms with Gasteiger partial charge in [-0.05, 0) is 37.7 Å². The van der Waals surface area contributed by atoms with Crippen molar-refractivity contribution in [2.24, 2.45) is 0 Å². The van der Waals surface area contributed by atoms with Gasteiger partial charge in [0.2, 0.25) is 5.91 Å². The highest BCUT2D eigenvalue weighted by Gasteiger charge is 2.21. The van der Waals surface area contributed by atoms with E-state index in [1.165, 1.54) is 17.9 Å². The van der Waals surface area contributed by atoms with Crippen LogP contribution in [-0.2, 0) is 4.79 Å². The van der Waals surface area contributed by atoms with Crippen molar-refractivity contribution in [3.8, 4) is 0 Å². The van der Waals surface area contributed by atoms with Crippen molar-refractivity contribution in [1.29, 1.82) is 0 Å². The quantitative estimate of drug-likeness (QED) is 0.741. The fraction of sp³-hybridized carbons (Fsp3) is 0.923. The molecule has 0 aromatic rings. The lowest BCUT2D eigenvalue weighted by atomic mass is 10.0. The molecular weight excluding hydrogens is 232 g/mol. The Morgan fingerprint density at radius 2 is 2.12 bits per heavy atom. The summed E-state index contributed by atoms with van der Waals surface area (Å²) in [6.45, 7) is 7.99. The minimum atomic E-state index is 0.218. The van der Waals surface area contributed by atoms with Crippen LogP contribution in [-0.4, -0.2) is 47.5 Å². The summed E-state index contributed by atoms with van der Waals surface area (Å²) in [5.74, 6) is 2.68. The van der Waals surface area contributed by atoms with E-state index < -0.39 is 0 Å². The lowest BCUT2D eigenvalue weighted by molar-refractivity contribution is -0.129. The summed E-state index contributed by atoms with van der Waals surface area (Å²) in [7, 11) is 0. The zero-order chi connectivity index (χ0) is 12.7. The van der Waals surface area contributed by atoms with Gasteiger partial charge in [-0.15, -0.1) is 0 Å². The van der Waals surface area contributed by atoms with Gasteiger partial charge in [0.05, 0.1) is 0 Å². The predicted molar refractivity (Wildman–Crippen MR) is 75.5 cm³/mol. The Bertz CT molecular complexity index is 227. The average Bonchev–Trinajstić information content (AvgIpc) is 2.30. The van der Waals surface area contributed by atoms with Crippen LogP contribution in [0.2, 0.25) is 0 Å². The monoisotopic (exact) mass is 258 g/mol. The fourth-order valence-corrected chi connectivity index (χ4v) is 3.06. The van der Waals surface area contributed by atoms with Crippen LogP contribution in [0.3, 0.4) is 0 Å². The number of carbonyl (C=O) groups excluding carboxylic acids is 1. The van der Waals surface area contributed by atoms with E-state index in [0.717, 1.165) is 25.9 Å². The summed E-state index contributed by atoms with van der Waals surface area (Å²) in [5.41, 5.74) is 0. The van der Waals surface area contributed by atoms with Crippen LogP contribution in [0, 0.1) is 0 Å². The van der Waals surface area contributed by atoms with E-state index in [-0.39, 0.29) is 5.91 Å². The lowest BCUT2D eigenvalue weighted by Crippen LogP contribution is -2.46. The Morgan fingerprint density at radius 3 is 2.65 bits per heavy atom. The molecule has 1 heterocycles. The van der Waals surface area contributed by atoms with Crippen LogP contribution in [0.25, 0.3) is 0 Å². The first-order chi connectivity index (χ1) is 8.13. The minimum absolute atomic E-state index is 0.218. The van der Waals surface area contributed by atoms with E-state index in [4.69, 9.17) is 0 Å². The third-order valence-corrected chi connectivity index (χ3v) is 4.29. The van der Waals surface area contributed by atoms with Crippen LogP contribution in [0.15, 0.2) is 0 Å². The van der Waals surface area contributed by atoms with Crippen LogP contribution in [0.1, 0.15) is 40.0 Å². The molecule has 1 saturated heterocycles. The topological polar surface area (TPSA) is 32.3 Å². The number of carbonyl (C=O) groups is 1. The molecule has 1 fully saturated rings. The molecule has 4 heteroatoms. The van der Waals surface area contributed by atoms with Gasteiger partial charge in [-0.2, -0.15) is 11.8 Å². The summed E-state index contributed by atoms with van der Waals surface area (Å²) < 4.78 is 0. The summed E-state index contributed by atoms with van der Waals surface area (Å²) in [4.78, 5) is 13.2. The fourth-order valence-electron chi connectivity index (χ4n) is 2.25. The van der Waals surface area contributed by atoms with Crippen molar-refractivity contribution >= 4 is 17.7 Å². The Morgan fingerprint density at radius 1 is 1.47 bits per heavy atom. The van der Waals surface area contributed by atoms with Crippen LogP contribution < -0.4 is 5.32 Å². The van der Waals surface area contributed by atoms with Gasteiger partial charge in [0.1, 0.15) is 0 Å². The van der Waals surface area contributed by atoms with E-state index in [0.29, 0.717) is 12.1 Å².